The Morgan fingerprint density at radius 3 is 1.94 bits per heavy atom. The van der Waals surface area contributed by atoms with Crippen molar-refractivity contribution in [1.29, 1.82) is 0 Å². The molecule has 0 spiro atoms. The number of rotatable bonds is 3. The van der Waals surface area contributed by atoms with Crippen LogP contribution in [-0.4, -0.2) is 11.3 Å². The molecule has 0 aliphatic carbocycles. The third-order valence-corrected chi connectivity index (χ3v) is 2.85. The van der Waals surface area contributed by atoms with Crippen LogP contribution in [0.2, 0.25) is 0 Å². The smallest absolute Gasteiger partial charge is 0.351 e. The van der Waals surface area contributed by atoms with Gasteiger partial charge in [-0.2, -0.15) is 17.6 Å². The number of alkyl halides is 4. The maximum Gasteiger partial charge on any atom is 0.453 e. The van der Waals surface area contributed by atoms with Crippen molar-refractivity contribution in [3.63, 3.8) is 0 Å². The van der Waals surface area contributed by atoms with Crippen molar-refractivity contribution < 1.29 is 22.7 Å². The first kappa shape index (κ1) is 14.0. The first-order valence-corrected chi connectivity index (χ1v) is 5.28. The maximum atomic E-state index is 13.2. The van der Waals surface area contributed by atoms with E-state index in [1.807, 2.05) is 13.8 Å². The van der Waals surface area contributed by atoms with Gasteiger partial charge in [0.2, 0.25) is 0 Å². The zero-order valence-corrected chi connectivity index (χ0v) is 9.55. The standard InChI is InChI=1S/C12H14F4O/c1-3-8(2)9-4-6-10(7-5-9)11(13,17)12(14,15)16/h4-8,17H,3H2,1-2H3. The molecule has 0 fully saturated rings. The van der Waals surface area contributed by atoms with Crippen LogP contribution in [0.15, 0.2) is 24.3 Å². The molecule has 1 N–H and O–H groups in total. The van der Waals surface area contributed by atoms with E-state index in [2.05, 4.69) is 0 Å². The number of benzene rings is 1. The summed E-state index contributed by atoms with van der Waals surface area (Å²) in [5.74, 6) is -4.11. The minimum Gasteiger partial charge on any atom is -0.351 e. The normalized spacial score (nSPS) is 17.6. The van der Waals surface area contributed by atoms with Gasteiger partial charge in [0, 0.05) is 5.56 Å². The molecule has 5 heteroatoms. The van der Waals surface area contributed by atoms with Gasteiger partial charge in [-0.3, -0.25) is 0 Å². The first-order chi connectivity index (χ1) is 7.70. The summed E-state index contributed by atoms with van der Waals surface area (Å²) in [5, 5.41) is 8.82. The summed E-state index contributed by atoms with van der Waals surface area (Å²) in [6.45, 7) is 3.86. The Kier molecular flexibility index (Phi) is 3.81. The van der Waals surface area contributed by atoms with Crippen LogP contribution in [-0.2, 0) is 5.85 Å². The zero-order valence-electron chi connectivity index (χ0n) is 9.55. The van der Waals surface area contributed by atoms with Gasteiger partial charge in [-0.25, -0.2) is 0 Å². The lowest BCUT2D eigenvalue weighted by molar-refractivity contribution is -0.323. The third-order valence-electron chi connectivity index (χ3n) is 2.85. The summed E-state index contributed by atoms with van der Waals surface area (Å²) in [6, 6.07) is 4.74. The summed E-state index contributed by atoms with van der Waals surface area (Å²) in [6.07, 6.45) is -4.50. The molecule has 96 valence electrons. The Bertz CT molecular complexity index is 367. The van der Waals surface area contributed by atoms with E-state index in [4.69, 9.17) is 5.11 Å². The Morgan fingerprint density at radius 1 is 1.12 bits per heavy atom. The van der Waals surface area contributed by atoms with Gasteiger partial charge in [0.25, 0.3) is 0 Å². The van der Waals surface area contributed by atoms with Gasteiger partial charge in [-0.05, 0) is 17.9 Å². The van der Waals surface area contributed by atoms with Crippen molar-refractivity contribution in [1.82, 2.24) is 0 Å². The Hall–Kier alpha value is -1.10. The molecular weight excluding hydrogens is 236 g/mol. The fourth-order valence-electron chi connectivity index (χ4n) is 1.43. The van der Waals surface area contributed by atoms with Gasteiger partial charge in [-0.15, -0.1) is 0 Å². The summed E-state index contributed by atoms with van der Waals surface area (Å²) in [5.41, 5.74) is 0.0197. The van der Waals surface area contributed by atoms with Crippen LogP contribution >= 0.6 is 0 Å². The van der Waals surface area contributed by atoms with Crippen molar-refractivity contribution in [3.8, 4) is 0 Å². The van der Waals surface area contributed by atoms with E-state index in [0.717, 1.165) is 24.1 Å². The minimum absolute atomic E-state index is 0.183. The van der Waals surface area contributed by atoms with Gasteiger partial charge in [0.1, 0.15) is 0 Å². The van der Waals surface area contributed by atoms with Gasteiger partial charge in [0.15, 0.2) is 0 Å². The summed E-state index contributed by atoms with van der Waals surface area (Å²) >= 11 is 0. The summed E-state index contributed by atoms with van der Waals surface area (Å²) in [7, 11) is 0. The topological polar surface area (TPSA) is 20.2 Å². The fourth-order valence-corrected chi connectivity index (χ4v) is 1.43. The van der Waals surface area contributed by atoms with Crippen molar-refractivity contribution >= 4 is 0 Å². The highest BCUT2D eigenvalue weighted by atomic mass is 19.4. The molecule has 0 aliphatic heterocycles. The second kappa shape index (κ2) is 4.64. The predicted molar refractivity (Wildman–Crippen MR) is 56.2 cm³/mol. The molecule has 0 saturated carbocycles. The molecular formula is C12H14F4O. The molecule has 1 aromatic carbocycles. The maximum absolute atomic E-state index is 13.2. The van der Waals surface area contributed by atoms with E-state index in [1.54, 1.807) is 0 Å². The van der Waals surface area contributed by atoms with E-state index in [-0.39, 0.29) is 5.92 Å². The molecule has 0 saturated heterocycles. The van der Waals surface area contributed by atoms with Crippen LogP contribution in [0.4, 0.5) is 17.6 Å². The monoisotopic (exact) mass is 250 g/mol. The number of hydrogen-bond acceptors (Lipinski definition) is 1. The molecule has 1 nitrogen and oxygen atoms in total. The van der Waals surface area contributed by atoms with Gasteiger partial charge in [0.05, 0.1) is 0 Å². The molecule has 1 aromatic rings. The number of hydrogen-bond donors (Lipinski definition) is 1. The second-order valence-electron chi connectivity index (χ2n) is 4.05. The average Bonchev–Trinajstić information content (AvgIpc) is 2.26. The van der Waals surface area contributed by atoms with E-state index < -0.39 is 17.6 Å². The highest BCUT2D eigenvalue weighted by Gasteiger charge is 2.56. The van der Waals surface area contributed by atoms with Crippen LogP contribution in [0.25, 0.3) is 0 Å². The van der Waals surface area contributed by atoms with Crippen molar-refractivity contribution in [2.24, 2.45) is 0 Å². The van der Waals surface area contributed by atoms with E-state index in [9.17, 15) is 17.6 Å². The second-order valence-corrected chi connectivity index (χ2v) is 4.05. The minimum atomic E-state index is -5.33. The van der Waals surface area contributed by atoms with Crippen LogP contribution in [0, 0.1) is 0 Å². The average molecular weight is 250 g/mol. The van der Waals surface area contributed by atoms with Crippen molar-refractivity contribution in [3.05, 3.63) is 35.4 Å². The van der Waals surface area contributed by atoms with Gasteiger partial charge < -0.3 is 5.11 Å². The molecule has 0 bridgehead atoms. The first-order valence-electron chi connectivity index (χ1n) is 5.28. The zero-order chi connectivity index (χ0) is 13.3. The highest BCUT2D eigenvalue weighted by molar-refractivity contribution is 5.28. The molecule has 17 heavy (non-hydrogen) atoms. The number of aliphatic hydroxyl groups is 1. The quantitative estimate of drug-likeness (QED) is 0.807. The third kappa shape index (κ3) is 2.77. The predicted octanol–water partition coefficient (Wildman–Crippen LogP) is 3.88. The Labute approximate surface area is 97.1 Å². The SMILES string of the molecule is CCC(C)c1ccc(C(O)(F)C(F)(F)F)cc1. The molecule has 0 aliphatic rings. The van der Waals surface area contributed by atoms with Crippen LogP contribution < -0.4 is 0 Å². The molecule has 0 radical (unpaired) electrons. The highest BCUT2D eigenvalue weighted by Crippen LogP contribution is 2.40. The van der Waals surface area contributed by atoms with Crippen molar-refractivity contribution in [2.75, 3.05) is 0 Å². The number of halogens is 4. The lowest BCUT2D eigenvalue weighted by Gasteiger charge is -2.22. The molecule has 1 rings (SSSR count). The van der Waals surface area contributed by atoms with E-state index >= 15 is 0 Å². The molecule has 0 amide bonds. The van der Waals surface area contributed by atoms with Gasteiger partial charge in [-0.1, -0.05) is 38.1 Å². The lowest BCUT2D eigenvalue weighted by atomic mass is 9.96. The largest absolute Gasteiger partial charge is 0.453 e. The van der Waals surface area contributed by atoms with Crippen molar-refractivity contribution in [2.45, 2.75) is 38.2 Å². The molecule has 2 atom stereocenters. The summed E-state index contributed by atoms with van der Waals surface area (Å²) < 4.78 is 49.8. The fraction of sp³-hybridized carbons (Fsp3) is 0.500. The summed E-state index contributed by atoms with van der Waals surface area (Å²) in [4.78, 5) is 0. The van der Waals surface area contributed by atoms with Crippen LogP contribution in [0.5, 0.6) is 0 Å². The van der Waals surface area contributed by atoms with Crippen LogP contribution in [0.3, 0.4) is 0 Å². The van der Waals surface area contributed by atoms with Gasteiger partial charge >= 0.3 is 12.0 Å². The lowest BCUT2D eigenvalue weighted by Crippen LogP contribution is -2.37. The van der Waals surface area contributed by atoms with E-state index in [1.165, 1.54) is 12.1 Å². The Balaban J connectivity index is 3.03. The molecule has 0 aromatic heterocycles. The Morgan fingerprint density at radius 2 is 1.59 bits per heavy atom. The molecule has 2 unspecified atom stereocenters. The van der Waals surface area contributed by atoms with E-state index in [0.29, 0.717) is 0 Å². The van der Waals surface area contributed by atoms with Crippen LogP contribution in [0.1, 0.15) is 37.3 Å². The molecule has 0 heterocycles.